The number of carbonyl (C=O) groups excluding carboxylic acids is 1. The molecule has 0 N–H and O–H groups in total. The van der Waals surface area contributed by atoms with E-state index in [0.29, 0.717) is 6.61 Å². The Hall–Kier alpha value is -6.37. The first-order chi connectivity index (χ1) is 25.0. The van der Waals surface area contributed by atoms with Gasteiger partial charge in [0.05, 0.1) is 28.7 Å². The number of aromatic nitrogens is 2. The smallest absolute Gasteiger partial charge is 0.368 e. The minimum Gasteiger partial charge on any atom is -0.426 e. The Morgan fingerprint density at radius 1 is 0.529 bits per heavy atom. The van der Waals surface area contributed by atoms with E-state index in [1.807, 2.05) is 31.2 Å². The molecule has 0 spiro atoms. The van der Waals surface area contributed by atoms with Gasteiger partial charge < -0.3 is 23.3 Å². The predicted octanol–water partition coefficient (Wildman–Crippen LogP) is 10.6. The van der Waals surface area contributed by atoms with Crippen molar-refractivity contribution in [3.63, 3.8) is 0 Å². The lowest BCUT2D eigenvalue weighted by Gasteiger charge is -2.35. The van der Waals surface area contributed by atoms with Crippen molar-refractivity contribution in [2.24, 2.45) is 0 Å². The Bertz CT molecular complexity index is 2390. The molecular weight excluding hydrogens is 633 g/mol. The number of ether oxygens (including phenoxy) is 3. The van der Waals surface area contributed by atoms with E-state index in [0.717, 1.165) is 44.6 Å². The SMILES string of the molecule is CCOC1(C)OC(=Cc2ccc(-n3c4ccccc4c4ccccc43)cc2)C(=O)C(=Cc2ccc(-n3c4ccccc4c4ccccc43)cc2)O1. The van der Waals surface area contributed by atoms with Gasteiger partial charge in [-0.2, -0.15) is 0 Å². The van der Waals surface area contributed by atoms with E-state index in [-0.39, 0.29) is 17.3 Å². The van der Waals surface area contributed by atoms with Crippen molar-refractivity contribution in [1.29, 1.82) is 0 Å². The van der Waals surface area contributed by atoms with Crippen LogP contribution in [-0.4, -0.2) is 27.5 Å². The van der Waals surface area contributed by atoms with Gasteiger partial charge in [0.25, 0.3) is 5.78 Å². The second-order valence-electron chi connectivity index (χ2n) is 12.8. The summed E-state index contributed by atoms with van der Waals surface area (Å²) in [4.78, 5) is 13.9. The first-order valence-corrected chi connectivity index (χ1v) is 17.2. The minimum absolute atomic E-state index is 0.148. The molecular formula is C45H34N2O4. The summed E-state index contributed by atoms with van der Waals surface area (Å²) in [5, 5.41) is 4.82. The molecule has 3 heterocycles. The number of rotatable bonds is 6. The number of para-hydroxylation sites is 4. The number of hydrogen-bond donors (Lipinski definition) is 0. The minimum atomic E-state index is -1.47. The van der Waals surface area contributed by atoms with Crippen LogP contribution in [-0.2, 0) is 19.0 Å². The maximum Gasteiger partial charge on any atom is 0.368 e. The topological polar surface area (TPSA) is 54.6 Å². The number of nitrogens with zero attached hydrogens (tertiary/aromatic N) is 2. The molecule has 248 valence electrons. The Labute approximate surface area is 295 Å². The van der Waals surface area contributed by atoms with Crippen molar-refractivity contribution in [1.82, 2.24) is 9.13 Å². The molecule has 0 saturated carbocycles. The molecule has 0 amide bonds. The van der Waals surface area contributed by atoms with Crippen LogP contribution in [0.5, 0.6) is 0 Å². The highest BCUT2D eigenvalue weighted by atomic mass is 16.9. The predicted molar refractivity (Wildman–Crippen MR) is 205 cm³/mol. The van der Waals surface area contributed by atoms with Crippen LogP contribution >= 0.6 is 0 Å². The van der Waals surface area contributed by atoms with Gasteiger partial charge >= 0.3 is 5.97 Å². The molecule has 51 heavy (non-hydrogen) atoms. The molecule has 0 aliphatic carbocycles. The molecule has 2 aromatic heterocycles. The second kappa shape index (κ2) is 12.2. The van der Waals surface area contributed by atoms with E-state index in [1.165, 1.54) is 21.5 Å². The van der Waals surface area contributed by atoms with Gasteiger partial charge in [-0.3, -0.25) is 4.79 Å². The fraction of sp³-hybridized carbons (Fsp3) is 0.0889. The first kappa shape index (κ1) is 30.7. The summed E-state index contributed by atoms with van der Waals surface area (Å²) in [6.45, 7) is 3.88. The molecule has 1 saturated heterocycles. The van der Waals surface area contributed by atoms with E-state index in [4.69, 9.17) is 14.2 Å². The summed E-state index contributed by atoms with van der Waals surface area (Å²) in [6.07, 6.45) is 3.49. The summed E-state index contributed by atoms with van der Waals surface area (Å²) in [6, 6.07) is 49.9. The van der Waals surface area contributed by atoms with Crippen LogP contribution < -0.4 is 0 Å². The van der Waals surface area contributed by atoms with Crippen molar-refractivity contribution in [3.8, 4) is 11.4 Å². The monoisotopic (exact) mass is 666 g/mol. The highest BCUT2D eigenvalue weighted by molar-refractivity contribution is 6.12. The summed E-state index contributed by atoms with van der Waals surface area (Å²) < 4.78 is 22.6. The lowest BCUT2D eigenvalue weighted by Crippen LogP contribution is -2.42. The van der Waals surface area contributed by atoms with Crippen LogP contribution in [0.1, 0.15) is 25.0 Å². The zero-order chi connectivity index (χ0) is 34.5. The van der Waals surface area contributed by atoms with Crippen molar-refractivity contribution < 1.29 is 19.0 Å². The Morgan fingerprint density at radius 3 is 1.20 bits per heavy atom. The van der Waals surface area contributed by atoms with Gasteiger partial charge in [0.15, 0.2) is 11.5 Å². The van der Waals surface area contributed by atoms with Gasteiger partial charge in [0, 0.05) is 39.8 Å². The standard InChI is InChI=1S/C45H34N2O4/c1-3-49-45(2)50-42(28-30-20-24-32(25-21-30)46-38-16-8-4-12-34(38)35-13-5-9-17-39(35)46)44(48)43(51-45)29-31-22-26-33(27-23-31)47-40-18-10-6-14-36(40)37-15-7-11-19-41(37)47/h4-29H,3H2,1-2H3. The molecule has 0 unspecified atom stereocenters. The fourth-order valence-corrected chi connectivity index (χ4v) is 7.29. The van der Waals surface area contributed by atoms with E-state index >= 15 is 0 Å². The van der Waals surface area contributed by atoms with E-state index < -0.39 is 5.97 Å². The third-order valence-corrected chi connectivity index (χ3v) is 9.50. The van der Waals surface area contributed by atoms with Gasteiger partial charge in [0.1, 0.15) is 0 Å². The lowest BCUT2D eigenvalue weighted by atomic mass is 10.1. The van der Waals surface area contributed by atoms with Crippen LogP contribution in [0.2, 0.25) is 0 Å². The molecule has 1 fully saturated rings. The molecule has 6 aromatic carbocycles. The van der Waals surface area contributed by atoms with Crippen LogP contribution in [0.3, 0.4) is 0 Å². The molecule has 1 aliphatic rings. The second-order valence-corrected chi connectivity index (χ2v) is 12.8. The summed E-state index contributed by atoms with van der Waals surface area (Å²) >= 11 is 0. The number of ketones is 1. The number of hydrogen-bond acceptors (Lipinski definition) is 4. The van der Waals surface area contributed by atoms with Gasteiger partial charge in [-0.25, -0.2) is 0 Å². The third-order valence-electron chi connectivity index (χ3n) is 9.50. The number of benzene rings is 6. The Kier molecular flexibility index (Phi) is 7.33. The highest BCUT2D eigenvalue weighted by Crippen LogP contribution is 2.36. The van der Waals surface area contributed by atoms with Crippen LogP contribution in [0.15, 0.2) is 157 Å². The molecule has 6 nitrogen and oxygen atoms in total. The van der Waals surface area contributed by atoms with E-state index in [9.17, 15) is 4.79 Å². The molecule has 1 aliphatic heterocycles. The van der Waals surface area contributed by atoms with Crippen LogP contribution in [0.25, 0.3) is 67.1 Å². The van der Waals surface area contributed by atoms with E-state index in [2.05, 4.69) is 130 Å². The van der Waals surface area contributed by atoms with Gasteiger partial charge in [-0.05, 0) is 78.7 Å². The zero-order valence-electron chi connectivity index (χ0n) is 28.2. The molecule has 0 atom stereocenters. The van der Waals surface area contributed by atoms with E-state index in [1.54, 1.807) is 19.1 Å². The summed E-state index contributed by atoms with van der Waals surface area (Å²) in [7, 11) is 0. The highest BCUT2D eigenvalue weighted by Gasteiger charge is 2.41. The molecule has 0 radical (unpaired) electrons. The average Bonchev–Trinajstić information content (AvgIpc) is 3.68. The lowest BCUT2D eigenvalue weighted by molar-refractivity contribution is -0.343. The van der Waals surface area contributed by atoms with Crippen molar-refractivity contribution >= 4 is 61.5 Å². The summed E-state index contributed by atoms with van der Waals surface area (Å²) in [5.41, 5.74) is 8.24. The Morgan fingerprint density at radius 2 is 0.863 bits per heavy atom. The van der Waals surface area contributed by atoms with Gasteiger partial charge in [0.2, 0.25) is 0 Å². The first-order valence-electron chi connectivity index (χ1n) is 17.2. The summed E-state index contributed by atoms with van der Waals surface area (Å²) in [5.74, 6) is -1.53. The van der Waals surface area contributed by atoms with Crippen LogP contribution in [0.4, 0.5) is 0 Å². The fourth-order valence-electron chi connectivity index (χ4n) is 7.29. The van der Waals surface area contributed by atoms with Gasteiger partial charge in [-0.15, -0.1) is 0 Å². The van der Waals surface area contributed by atoms with Crippen molar-refractivity contribution in [3.05, 3.63) is 168 Å². The quantitative estimate of drug-likeness (QED) is 0.166. The van der Waals surface area contributed by atoms with Crippen molar-refractivity contribution in [2.45, 2.75) is 19.8 Å². The number of fused-ring (bicyclic) bond motifs is 6. The molecule has 0 bridgehead atoms. The van der Waals surface area contributed by atoms with Crippen molar-refractivity contribution in [2.75, 3.05) is 6.61 Å². The largest absolute Gasteiger partial charge is 0.426 e. The number of carbonyl (C=O) groups is 1. The maximum absolute atomic E-state index is 13.9. The number of Topliss-reactive ketones (excluding diaryl/α,β-unsaturated/α-hetero) is 1. The molecule has 9 rings (SSSR count). The average molecular weight is 667 g/mol. The Balaban J connectivity index is 1.05. The normalized spacial score (nSPS) is 17.9. The third kappa shape index (κ3) is 5.28. The van der Waals surface area contributed by atoms with Crippen LogP contribution in [0, 0.1) is 0 Å². The maximum atomic E-state index is 13.9. The zero-order valence-corrected chi connectivity index (χ0v) is 28.2. The molecule has 8 aromatic rings. The van der Waals surface area contributed by atoms with Gasteiger partial charge in [-0.1, -0.05) is 97.1 Å². The molecule has 6 heteroatoms.